The summed E-state index contributed by atoms with van der Waals surface area (Å²) in [5.41, 5.74) is 7.12. The van der Waals surface area contributed by atoms with Crippen molar-refractivity contribution in [2.75, 3.05) is 5.73 Å². The van der Waals surface area contributed by atoms with Crippen molar-refractivity contribution in [1.29, 1.82) is 0 Å². The third-order valence-corrected chi connectivity index (χ3v) is 2.94. The summed E-state index contributed by atoms with van der Waals surface area (Å²) in [7, 11) is 0. The molecular formula is C9H6BrClN2. The third-order valence-electron chi connectivity index (χ3n) is 1.74. The molecule has 2 aromatic rings. The summed E-state index contributed by atoms with van der Waals surface area (Å²) in [5, 5.41) is 1.62. The fourth-order valence-corrected chi connectivity index (χ4v) is 1.64. The average molecular weight is 258 g/mol. The number of hydrogen-bond donors (Lipinski definition) is 1. The van der Waals surface area contributed by atoms with Gasteiger partial charge in [0.1, 0.15) is 0 Å². The van der Waals surface area contributed by atoms with Crippen LogP contribution in [0.15, 0.2) is 28.9 Å². The number of hydrogen-bond acceptors (Lipinski definition) is 2. The smallest absolute Gasteiger partial charge is 0.0715 e. The van der Waals surface area contributed by atoms with Crippen molar-refractivity contribution in [1.82, 2.24) is 4.98 Å². The number of halogens is 2. The van der Waals surface area contributed by atoms with E-state index in [-0.39, 0.29) is 0 Å². The molecule has 0 aliphatic carbocycles. The van der Waals surface area contributed by atoms with E-state index < -0.39 is 0 Å². The fourth-order valence-electron chi connectivity index (χ4n) is 1.14. The summed E-state index contributed by atoms with van der Waals surface area (Å²) in [6.07, 6.45) is 1.63. The Hall–Kier alpha value is -0.800. The molecule has 0 aliphatic rings. The molecule has 66 valence electrons. The van der Waals surface area contributed by atoms with Gasteiger partial charge in [-0.15, -0.1) is 0 Å². The van der Waals surface area contributed by atoms with Gasteiger partial charge in [0.25, 0.3) is 0 Å². The summed E-state index contributed by atoms with van der Waals surface area (Å²) < 4.78 is 0.846. The van der Waals surface area contributed by atoms with Gasteiger partial charge >= 0.3 is 0 Å². The zero-order valence-corrected chi connectivity index (χ0v) is 8.93. The predicted molar refractivity (Wildman–Crippen MR) is 58.9 cm³/mol. The molecule has 0 spiro atoms. The molecule has 13 heavy (non-hydrogen) atoms. The lowest BCUT2D eigenvalue weighted by atomic mass is 10.2. The van der Waals surface area contributed by atoms with Gasteiger partial charge in [-0.25, -0.2) is 0 Å². The first-order valence-corrected chi connectivity index (χ1v) is 4.84. The SMILES string of the molecule is Nc1cnc2cc(Br)c(Cl)cc2c1. The van der Waals surface area contributed by atoms with Crippen molar-refractivity contribution >= 4 is 44.1 Å². The third kappa shape index (κ3) is 1.62. The quantitative estimate of drug-likeness (QED) is 0.787. The molecule has 4 heteroatoms. The van der Waals surface area contributed by atoms with E-state index in [1.807, 2.05) is 18.2 Å². The fraction of sp³-hybridized carbons (Fsp3) is 0. The molecule has 1 aromatic carbocycles. The predicted octanol–water partition coefficient (Wildman–Crippen LogP) is 3.23. The van der Waals surface area contributed by atoms with Gasteiger partial charge in [0, 0.05) is 9.86 Å². The molecular weight excluding hydrogens is 251 g/mol. The molecule has 0 unspecified atom stereocenters. The Morgan fingerprint density at radius 1 is 1.31 bits per heavy atom. The number of nitrogens with two attached hydrogens (primary N) is 1. The first-order chi connectivity index (χ1) is 6.16. The second-order valence-electron chi connectivity index (χ2n) is 2.73. The number of nitrogens with zero attached hydrogens (tertiary/aromatic N) is 1. The van der Waals surface area contributed by atoms with E-state index in [2.05, 4.69) is 20.9 Å². The van der Waals surface area contributed by atoms with Gasteiger partial charge in [-0.05, 0) is 34.1 Å². The Labute approximate surface area is 88.8 Å². The number of fused-ring (bicyclic) bond motifs is 1. The number of benzene rings is 1. The summed E-state index contributed by atoms with van der Waals surface area (Å²) in [6.45, 7) is 0. The molecule has 2 nitrogen and oxygen atoms in total. The van der Waals surface area contributed by atoms with Gasteiger partial charge in [0.05, 0.1) is 22.4 Å². The standard InChI is InChI=1S/C9H6BrClN2/c10-7-3-9-5(2-8(7)11)1-6(12)4-13-9/h1-4H,12H2. The molecule has 1 aromatic heterocycles. The van der Waals surface area contributed by atoms with Crippen LogP contribution in [0.3, 0.4) is 0 Å². The minimum atomic E-state index is 0.644. The lowest BCUT2D eigenvalue weighted by Gasteiger charge is -2.01. The van der Waals surface area contributed by atoms with Crippen LogP contribution >= 0.6 is 27.5 Å². The van der Waals surface area contributed by atoms with Gasteiger partial charge in [0.15, 0.2) is 0 Å². The highest BCUT2D eigenvalue weighted by Crippen LogP contribution is 2.27. The van der Waals surface area contributed by atoms with Crippen LogP contribution in [0, 0.1) is 0 Å². The number of anilines is 1. The van der Waals surface area contributed by atoms with Crippen molar-refractivity contribution in [3.63, 3.8) is 0 Å². The van der Waals surface area contributed by atoms with Crippen molar-refractivity contribution in [2.24, 2.45) is 0 Å². The Morgan fingerprint density at radius 3 is 2.85 bits per heavy atom. The van der Waals surface area contributed by atoms with E-state index in [1.54, 1.807) is 6.20 Å². The molecule has 0 saturated carbocycles. The maximum Gasteiger partial charge on any atom is 0.0715 e. The van der Waals surface area contributed by atoms with E-state index in [9.17, 15) is 0 Å². The molecule has 0 saturated heterocycles. The van der Waals surface area contributed by atoms with Crippen molar-refractivity contribution in [3.8, 4) is 0 Å². The maximum atomic E-state index is 5.92. The highest BCUT2D eigenvalue weighted by atomic mass is 79.9. The van der Waals surface area contributed by atoms with Crippen LogP contribution in [0.1, 0.15) is 0 Å². The van der Waals surface area contributed by atoms with E-state index in [0.717, 1.165) is 15.4 Å². The van der Waals surface area contributed by atoms with E-state index in [1.165, 1.54) is 0 Å². The summed E-state index contributed by atoms with van der Waals surface area (Å²) in [5.74, 6) is 0. The normalized spacial score (nSPS) is 10.6. The van der Waals surface area contributed by atoms with Gasteiger partial charge in [-0.1, -0.05) is 11.6 Å². The summed E-state index contributed by atoms with van der Waals surface area (Å²) in [6, 6.07) is 5.56. The number of nitrogen functional groups attached to an aromatic ring is 1. The topological polar surface area (TPSA) is 38.9 Å². The van der Waals surface area contributed by atoms with Crippen LogP contribution in [0.25, 0.3) is 10.9 Å². The Balaban J connectivity index is 2.81. The zero-order chi connectivity index (χ0) is 9.42. The molecule has 0 atom stereocenters. The van der Waals surface area contributed by atoms with Crippen LogP contribution in [-0.2, 0) is 0 Å². The van der Waals surface area contributed by atoms with Crippen LogP contribution in [-0.4, -0.2) is 4.98 Å². The number of aromatic nitrogens is 1. The average Bonchev–Trinajstić information content (AvgIpc) is 2.08. The van der Waals surface area contributed by atoms with E-state index in [0.29, 0.717) is 10.7 Å². The van der Waals surface area contributed by atoms with Gasteiger partial charge < -0.3 is 5.73 Å². The number of rotatable bonds is 0. The van der Waals surface area contributed by atoms with Gasteiger partial charge in [-0.2, -0.15) is 0 Å². The molecule has 2 N–H and O–H groups in total. The highest BCUT2D eigenvalue weighted by molar-refractivity contribution is 9.10. The summed E-state index contributed by atoms with van der Waals surface area (Å²) >= 11 is 9.26. The molecule has 0 radical (unpaired) electrons. The molecule has 2 rings (SSSR count). The minimum absolute atomic E-state index is 0.644. The lowest BCUT2D eigenvalue weighted by Crippen LogP contribution is -1.87. The maximum absolute atomic E-state index is 5.92. The van der Waals surface area contributed by atoms with E-state index in [4.69, 9.17) is 17.3 Å². The number of pyridine rings is 1. The Morgan fingerprint density at radius 2 is 2.08 bits per heavy atom. The molecule has 0 bridgehead atoms. The van der Waals surface area contributed by atoms with Crippen LogP contribution < -0.4 is 5.73 Å². The van der Waals surface area contributed by atoms with Crippen LogP contribution in [0.5, 0.6) is 0 Å². The second-order valence-corrected chi connectivity index (χ2v) is 3.99. The first-order valence-electron chi connectivity index (χ1n) is 3.67. The van der Waals surface area contributed by atoms with E-state index >= 15 is 0 Å². The zero-order valence-electron chi connectivity index (χ0n) is 6.59. The van der Waals surface area contributed by atoms with Crippen molar-refractivity contribution < 1.29 is 0 Å². The Kier molecular flexibility index (Phi) is 2.14. The van der Waals surface area contributed by atoms with Crippen molar-refractivity contribution in [3.05, 3.63) is 33.9 Å². The molecule has 0 aliphatic heterocycles. The van der Waals surface area contributed by atoms with Crippen LogP contribution in [0.4, 0.5) is 5.69 Å². The molecule has 0 fully saturated rings. The highest BCUT2D eigenvalue weighted by Gasteiger charge is 2.01. The molecule has 0 amide bonds. The second kappa shape index (κ2) is 3.16. The van der Waals surface area contributed by atoms with Gasteiger partial charge in [-0.3, -0.25) is 4.98 Å². The summed E-state index contributed by atoms with van der Waals surface area (Å²) in [4.78, 5) is 4.17. The van der Waals surface area contributed by atoms with Gasteiger partial charge in [0.2, 0.25) is 0 Å². The van der Waals surface area contributed by atoms with Crippen molar-refractivity contribution in [2.45, 2.75) is 0 Å². The lowest BCUT2D eigenvalue weighted by molar-refractivity contribution is 1.41. The first kappa shape index (κ1) is 8.78. The van der Waals surface area contributed by atoms with Crippen LogP contribution in [0.2, 0.25) is 5.02 Å². The Bertz CT molecular complexity index is 470. The monoisotopic (exact) mass is 256 g/mol. The minimum Gasteiger partial charge on any atom is -0.397 e. The largest absolute Gasteiger partial charge is 0.397 e. The molecule has 1 heterocycles.